The highest BCUT2D eigenvalue weighted by atomic mass is 32.2. The van der Waals surface area contributed by atoms with Crippen LogP contribution in [0.4, 0.5) is 0 Å². The Hall–Kier alpha value is -1.21. The average Bonchev–Trinajstić information content (AvgIpc) is 3.18. The fourth-order valence-corrected chi connectivity index (χ4v) is 5.65. The van der Waals surface area contributed by atoms with E-state index in [1.54, 1.807) is 45.8 Å². The van der Waals surface area contributed by atoms with E-state index in [4.69, 9.17) is 0 Å². The minimum absolute atomic E-state index is 1.05. The first-order chi connectivity index (χ1) is 9.88. The van der Waals surface area contributed by atoms with Crippen molar-refractivity contribution in [2.75, 3.05) is 0 Å². The number of nitrogens with zero attached hydrogens (tertiary/aromatic N) is 2. The predicted octanol–water partition coefficient (Wildman–Crippen LogP) is 5.63. The molecule has 0 fully saturated rings. The van der Waals surface area contributed by atoms with E-state index in [9.17, 15) is 0 Å². The lowest BCUT2D eigenvalue weighted by Crippen LogP contribution is -1.73. The molecular formula is C14H8N2S4. The number of benzene rings is 1. The van der Waals surface area contributed by atoms with E-state index in [-0.39, 0.29) is 0 Å². The van der Waals surface area contributed by atoms with Gasteiger partial charge in [-0.2, -0.15) is 0 Å². The van der Waals surface area contributed by atoms with Crippen molar-refractivity contribution in [3.63, 3.8) is 0 Å². The van der Waals surface area contributed by atoms with E-state index in [0.29, 0.717) is 0 Å². The third-order valence-corrected chi connectivity index (χ3v) is 6.63. The lowest BCUT2D eigenvalue weighted by molar-refractivity contribution is 1.24. The molecular weight excluding hydrogens is 324 g/mol. The summed E-state index contributed by atoms with van der Waals surface area (Å²) in [5, 5.41) is 4.19. The topological polar surface area (TPSA) is 25.8 Å². The van der Waals surface area contributed by atoms with Crippen molar-refractivity contribution in [3.8, 4) is 10.6 Å². The molecule has 0 saturated heterocycles. The normalized spacial score (nSPS) is 11.2. The molecule has 3 aromatic heterocycles. The van der Waals surface area contributed by atoms with Gasteiger partial charge in [0.15, 0.2) is 8.68 Å². The summed E-state index contributed by atoms with van der Waals surface area (Å²) < 4.78 is 3.33. The first kappa shape index (κ1) is 12.5. The summed E-state index contributed by atoms with van der Waals surface area (Å²) in [6, 6.07) is 12.4. The van der Waals surface area contributed by atoms with Crippen LogP contribution in [0.15, 0.2) is 55.8 Å². The van der Waals surface area contributed by atoms with Gasteiger partial charge in [0, 0.05) is 5.38 Å². The molecule has 4 rings (SSSR count). The Bertz CT molecular complexity index is 812. The molecule has 3 heterocycles. The molecule has 0 radical (unpaired) electrons. The van der Waals surface area contributed by atoms with Crippen molar-refractivity contribution in [2.45, 2.75) is 8.68 Å². The zero-order valence-corrected chi connectivity index (χ0v) is 13.4. The second kappa shape index (κ2) is 5.29. The average molecular weight is 333 g/mol. The molecule has 0 aliphatic heterocycles. The van der Waals surface area contributed by atoms with Gasteiger partial charge in [-0.25, -0.2) is 9.97 Å². The van der Waals surface area contributed by atoms with Crippen LogP contribution >= 0.6 is 45.8 Å². The summed E-state index contributed by atoms with van der Waals surface area (Å²) in [4.78, 5) is 10.5. The van der Waals surface area contributed by atoms with Crippen molar-refractivity contribution >= 4 is 56.0 Å². The van der Waals surface area contributed by atoms with Crippen LogP contribution in [0.1, 0.15) is 0 Å². The highest BCUT2D eigenvalue weighted by Gasteiger charge is 2.10. The van der Waals surface area contributed by atoms with Gasteiger partial charge in [-0.15, -0.1) is 34.0 Å². The van der Waals surface area contributed by atoms with Crippen molar-refractivity contribution < 1.29 is 0 Å². The first-order valence-corrected chi connectivity index (χ1v) is 9.30. The molecule has 0 aliphatic rings. The summed E-state index contributed by atoms with van der Waals surface area (Å²) in [6.45, 7) is 0. The molecule has 98 valence electrons. The first-order valence-electron chi connectivity index (χ1n) is 5.91. The van der Waals surface area contributed by atoms with Crippen LogP contribution in [0.2, 0.25) is 0 Å². The number of hydrogen-bond acceptors (Lipinski definition) is 6. The van der Waals surface area contributed by atoms with Crippen LogP contribution < -0.4 is 0 Å². The maximum atomic E-state index is 4.68. The number of aromatic nitrogens is 2. The zero-order valence-electron chi connectivity index (χ0n) is 10.1. The Labute approximate surface area is 132 Å². The van der Waals surface area contributed by atoms with Gasteiger partial charge >= 0.3 is 0 Å². The van der Waals surface area contributed by atoms with Crippen molar-refractivity contribution in [2.24, 2.45) is 0 Å². The SMILES string of the molecule is c1csc(-c2csc(Sc3nc4ccccc4s3)n2)c1. The summed E-state index contributed by atoms with van der Waals surface area (Å²) in [5.74, 6) is 0. The molecule has 0 saturated carbocycles. The minimum atomic E-state index is 1.05. The van der Waals surface area contributed by atoms with Crippen LogP contribution in [0.3, 0.4) is 0 Å². The Balaban J connectivity index is 1.62. The van der Waals surface area contributed by atoms with Crippen LogP contribution in [0.5, 0.6) is 0 Å². The Morgan fingerprint density at radius 1 is 0.900 bits per heavy atom. The Morgan fingerprint density at radius 3 is 2.70 bits per heavy atom. The van der Waals surface area contributed by atoms with E-state index in [0.717, 1.165) is 19.9 Å². The number of thiophene rings is 1. The van der Waals surface area contributed by atoms with E-state index in [1.807, 2.05) is 12.1 Å². The fourth-order valence-electron chi connectivity index (χ4n) is 1.81. The monoisotopic (exact) mass is 332 g/mol. The van der Waals surface area contributed by atoms with Gasteiger partial charge in [-0.1, -0.05) is 18.2 Å². The molecule has 2 nitrogen and oxygen atoms in total. The van der Waals surface area contributed by atoms with Gasteiger partial charge in [-0.3, -0.25) is 0 Å². The molecule has 0 N–H and O–H groups in total. The van der Waals surface area contributed by atoms with E-state index in [1.165, 1.54) is 9.58 Å². The second-order valence-electron chi connectivity index (χ2n) is 4.03. The molecule has 0 bridgehead atoms. The highest BCUT2D eigenvalue weighted by Crippen LogP contribution is 2.37. The molecule has 1 aromatic carbocycles. The zero-order chi connectivity index (χ0) is 13.4. The second-order valence-corrected chi connectivity index (χ2v) is 8.36. The highest BCUT2D eigenvalue weighted by molar-refractivity contribution is 8.02. The maximum absolute atomic E-state index is 4.68. The van der Waals surface area contributed by atoms with Crippen molar-refractivity contribution in [1.82, 2.24) is 9.97 Å². The molecule has 4 aromatic rings. The number of rotatable bonds is 3. The van der Waals surface area contributed by atoms with Crippen LogP contribution in [0.25, 0.3) is 20.8 Å². The molecule has 0 amide bonds. The van der Waals surface area contributed by atoms with Crippen molar-refractivity contribution in [1.29, 1.82) is 0 Å². The van der Waals surface area contributed by atoms with Gasteiger partial charge in [0.2, 0.25) is 0 Å². The van der Waals surface area contributed by atoms with Crippen molar-refractivity contribution in [3.05, 3.63) is 47.2 Å². The molecule has 0 unspecified atom stereocenters. The molecule has 20 heavy (non-hydrogen) atoms. The number of thiazole rings is 2. The summed E-state index contributed by atoms with van der Waals surface area (Å²) >= 11 is 6.77. The van der Waals surface area contributed by atoms with E-state index in [2.05, 4.69) is 45.0 Å². The Kier molecular flexibility index (Phi) is 3.31. The van der Waals surface area contributed by atoms with Gasteiger partial charge in [0.25, 0.3) is 0 Å². The fraction of sp³-hybridized carbons (Fsp3) is 0. The largest absolute Gasteiger partial charge is 0.229 e. The molecule has 6 heteroatoms. The van der Waals surface area contributed by atoms with E-state index < -0.39 is 0 Å². The summed E-state index contributed by atoms with van der Waals surface area (Å²) in [7, 11) is 0. The Morgan fingerprint density at radius 2 is 1.85 bits per heavy atom. The lowest BCUT2D eigenvalue weighted by Gasteiger charge is -1.89. The van der Waals surface area contributed by atoms with Gasteiger partial charge in [0.1, 0.15) is 0 Å². The number of para-hydroxylation sites is 1. The third kappa shape index (κ3) is 2.40. The molecule has 0 aliphatic carbocycles. The van der Waals surface area contributed by atoms with Crippen LogP contribution in [-0.4, -0.2) is 9.97 Å². The van der Waals surface area contributed by atoms with Gasteiger partial charge < -0.3 is 0 Å². The third-order valence-electron chi connectivity index (χ3n) is 2.71. The van der Waals surface area contributed by atoms with Gasteiger partial charge in [0.05, 0.1) is 20.8 Å². The molecule has 0 spiro atoms. The maximum Gasteiger partial charge on any atom is 0.158 e. The lowest BCUT2D eigenvalue weighted by atomic mass is 10.3. The van der Waals surface area contributed by atoms with Crippen LogP contribution in [0, 0.1) is 0 Å². The quantitative estimate of drug-likeness (QED) is 0.486. The van der Waals surface area contributed by atoms with Crippen LogP contribution in [-0.2, 0) is 0 Å². The summed E-state index contributed by atoms with van der Waals surface area (Å²) in [5.41, 5.74) is 2.13. The standard InChI is InChI=1S/C14H8N2S4/c1-2-5-12-9(4-1)15-14(19-12)20-13-16-10(8-18-13)11-6-3-7-17-11/h1-8H. The number of hydrogen-bond donors (Lipinski definition) is 0. The van der Waals surface area contributed by atoms with E-state index >= 15 is 0 Å². The summed E-state index contributed by atoms with van der Waals surface area (Å²) in [6.07, 6.45) is 0. The minimum Gasteiger partial charge on any atom is -0.229 e. The predicted molar refractivity (Wildman–Crippen MR) is 89.2 cm³/mol. The number of fused-ring (bicyclic) bond motifs is 1. The molecule has 0 atom stereocenters. The smallest absolute Gasteiger partial charge is 0.158 e. The van der Waals surface area contributed by atoms with Gasteiger partial charge in [-0.05, 0) is 35.3 Å².